The molecule has 0 saturated carbocycles. The molecule has 0 amide bonds. The van der Waals surface area contributed by atoms with Gasteiger partial charge in [-0.2, -0.15) is 0 Å². The van der Waals surface area contributed by atoms with Crippen LogP contribution in [0.3, 0.4) is 0 Å². The molecule has 5 heteroatoms. The number of ether oxygens (including phenoxy) is 3. The molecule has 1 aromatic rings. The monoisotopic (exact) mass is 318 g/mol. The standard InChI is InChI=1S/C17H29NO4/c1-4-20-9-10-21-12-15-5-7-17(8-6-15)22-13-16(19)11-18-14(2)3/h5-8,14,16,18-19H,4,9-13H2,1-3H3/i2D3,3D3,14D. The lowest BCUT2D eigenvalue weighted by atomic mass is 10.2. The fraction of sp³-hybridized carbons (Fsp3) is 0.647. The van der Waals surface area contributed by atoms with Crippen molar-refractivity contribution in [2.75, 3.05) is 33.0 Å². The van der Waals surface area contributed by atoms with Gasteiger partial charge in [-0.3, -0.25) is 0 Å². The van der Waals surface area contributed by atoms with Crippen LogP contribution in [0.5, 0.6) is 5.75 Å². The van der Waals surface area contributed by atoms with Gasteiger partial charge in [0.15, 0.2) is 0 Å². The number of hydrogen-bond acceptors (Lipinski definition) is 5. The van der Waals surface area contributed by atoms with E-state index in [1.165, 1.54) is 0 Å². The Balaban J connectivity index is 2.45. The minimum Gasteiger partial charge on any atom is -0.491 e. The Labute approximate surface area is 143 Å². The Kier molecular flexibility index (Phi) is 5.51. The summed E-state index contributed by atoms with van der Waals surface area (Å²) in [5.41, 5.74) is 0.936. The van der Waals surface area contributed by atoms with Crippen molar-refractivity contribution in [3.05, 3.63) is 29.8 Å². The van der Waals surface area contributed by atoms with Crippen LogP contribution in [0, 0.1) is 0 Å². The largest absolute Gasteiger partial charge is 0.491 e. The summed E-state index contributed by atoms with van der Waals surface area (Å²) in [6, 6.07) is 4.12. The van der Waals surface area contributed by atoms with Crippen molar-refractivity contribution in [2.24, 2.45) is 0 Å². The highest BCUT2D eigenvalue weighted by Crippen LogP contribution is 2.13. The predicted octanol–water partition coefficient (Wildman–Crippen LogP) is 1.98. The third-order valence-corrected chi connectivity index (χ3v) is 2.73. The summed E-state index contributed by atoms with van der Waals surface area (Å²) in [4.78, 5) is 0. The second-order valence-electron chi connectivity index (χ2n) is 4.61. The molecule has 1 unspecified atom stereocenters. The molecule has 1 aromatic carbocycles. The van der Waals surface area contributed by atoms with Crippen molar-refractivity contribution in [3.8, 4) is 5.75 Å². The molecule has 1 atom stereocenters. The maximum absolute atomic E-state index is 9.98. The van der Waals surface area contributed by atoms with Crippen molar-refractivity contribution in [3.63, 3.8) is 0 Å². The summed E-state index contributed by atoms with van der Waals surface area (Å²) in [5.74, 6) is 0.478. The average molecular weight is 318 g/mol. The van der Waals surface area contributed by atoms with Crippen molar-refractivity contribution in [1.29, 1.82) is 0 Å². The van der Waals surface area contributed by atoms with Gasteiger partial charge in [0.25, 0.3) is 0 Å². The van der Waals surface area contributed by atoms with Gasteiger partial charge in [-0.1, -0.05) is 25.8 Å². The Hall–Kier alpha value is -1.14. The van der Waals surface area contributed by atoms with Gasteiger partial charge in [-0.05, 0) is 24.6 Å². The van der Waals surface area contributed by atoms with Crippen LogP contribution in [0.4, 0.5) is 0 Å². The van der Waals surface area contributed by atoms with E-state index in [0.29, 0.717) is 32.2 Å². The summed E-state index contributed by atoms with van der Waals surface area (Å²) >= 11 is 0. The van der Waals surface area contributed by atoms with Gasteiger partial charge in [-0.15, -0.1) is 0 Å². The Morgan fingerprint density at radius 2 is 1.95 bits per heavy atom. The van der Waals surface area contributed by atoms with Gasteiger partial charge in [0.1, 0.15) is 18.5 Å². The molecule has 0 aliphatic carbocycles. The first-order valence-corrected chi connectivity index (χ1v) is 7.21. The van der Waals surface area contributed by atoms with Crippen LogP contribution in [0.25, 0.3) is 0 Å². The number of nitrogens with one attached hydrogen (secondary N) is 1. The summed E-state index contributed by atoms with van der Waals surface area (Å²) in [7, 11) is 0. The van der Waals surface area contributed by atoms with E-state index in [0.717, 1.165) is 5.56 Å². The van der Waals surface area contributed by atoms with Gasteiger partial charge < -0.3 is 24.6 Å². The van der Waals surface area contributed by atoms with Crippen LogP contribution in [-0.4, -0.2) is 50.2 Å². The topological polar surface area (TPSA) is 60.0 Å². The van der Waals surface area contributed by atoms with E-state index in [1.807, 2.05) is 6.92 Å². The first-order valence-electron chi connectivity index (χ1n) is 10.7. The van der Waals surface area contributed by atoms with Crippen LogP contribution >= 0.6 is 0 Å². The molecule has 0 saturated heterocycles. The second-order valence-corrected chi connectivity index (χ2v) is 4.61. The zero-order valence-corrected chi connectivity index (χ0v) is 12.8. The van der Waals surface area contributed by atoms with Gasteiger partial charge in [0.2, 0.25) is 0 Å². The highest BCUT2D eigenvalue weighted by atomic mass is 16.5. The van der Waals surface area contributed by atoms with E-state index in [2.05, 4.69) is 5.32 Å². The van der Waals surface area contributed by atoms with Gasteiger partial charge in [0.05, 0.1) is 19.8 Å². The molecular weight excluding hydrogens is 282 g/mol. The minimum atomic E-state index is -3.10. The Morgan fingerprint density at radius 3 is 2.64 bits per heavy atom. The van der Waals surface area contributed by atoms with E-state index in [-0.39, 0.29) is 6.61 Å². The maximum atomic E-state index is 9.98. The first kappa shape index (κ1) is 10.6. The smallest absolute Gasteiger partial charge is 0.119 e. The van der Waals surface area contributed by atoms with E-state index >= 15 is 0 Å². The molecule has 0 fully saturated rings. The number of rotatable bonds is 12. The normalized spacial score (nSPS) is 18.9. The average Bonchev–Trinajstić information content (AvgIpc) is 2.63. The summed E-state index contributed by atoms with van der Waals surface area (Å²) in [5, 5.41) is 12.1. The van der Waals surface area contributed by atoms with E-state index in [9.17, 15) is 5.11 Å². The lowest BCUT2D eigenvalue weighted by Crippen LogP contribution is -2.35. The fourth-order valence-corrected chi connectivity index (χ4v) is 1.61. The van der Waals surface area contributed by atoms with Crippen molar-refractivity contribution >= 4 is 0 Å². The first-order chi connectivity index (χ1) is 13.4. The minimum absolute atomic E-state index is 0.199. The van der Waals surface area contributed by atoms with Crippen molar-refractivity contribution in [1.82, 2.24) is 5.32 Å². The lowest BCUT2D eigenvalue weighted by molar-refractivity contribution is 0.0452. The molecule has 0 heterocycles. The second kappa shape index (κ2) is 11.4. The van der Waals surface area contributed by atoms with E-state index in [1.54, 1.807) is 24.3 Å². The molecule has 126 valence electrons. The Morgan fingerprint density at radius 1 is 1.23 bits per heavy atom. The summed E-state index contributed by atoms with van der Waals surface area (Å²) < 4.78 is 67.8. The molecule has 1 rings (SSSR count). The van der Waals surface area contributed by atoms with E-state index in [4.69, 9.17) is 23.8 Å². The molecular formula is C17H29NO4. The third-order valence-electron chi connectivity index (χ3n) is 2.73. The van der Waals surface area contributed by atoms with Gasteiger partial charge in [0, 0.05) is 28.8 Å². The molecule has 0 bridgehead atoms. The zero-order valence-electron chi connectivity index (χ0n) is 19.8. The molecule has 0 aliphatic rings. The van der Waals surface area contributed by atoms with Crippen LogP contribution in [0.2, 0.25) is 0 Å². The molecule has 5 nitrogen and oxygen atoms in total. The zero-order chi connectivity index (χ0) is 22.1. The van der Waals surface area contributed by atoms with Gasteiger partial charge >= 0.3 is 0 Å². The molecule has 0 radical (unpaired) electrons. The molecule has 22 heavy (non-hydrogen) atoms. The number of benzene rings is 1. The molecule has 0 aliphatic heterocycles. The highest BCUT2D eigenvalue weighted by Gasteiger charge is 2.06. The fourth-order valence-electron chi connectivity index (χ4n) is 1.61. The van der Waals surface area contributed by atoms with Crippen LogP contribution < -0.4 is 10.1 Å². The van der Waals surface area contributed by atoms with Crippen LogP contribution in [0.1, 0.15) is 35.8 Å². The van der Waals surface area contributed by atoms with Crippen molar-refractivity contribution in [2.45, 2.75) is 39.4 Å². The van der Waals surface area contributed by atoms with Crippen LogP contribution in [0.15, 0.2) is 24.3 Å². The Bertz CT molecular complexity index is 579. The third kappa shape index (κ3) is 9.00. The molecule has 2 N–H and O–H groups in total. The number of aliphatic hydroxyl groups excluding tert-OH is 1. The van der Waals surface area contributed by atoms with Gasteiger partial charge in [-0.25, -0.2) is 0 Å². The number of hydrogen-bond donors (Lipinski definition) is 2. The summed E-state index contributed by atoms with van der Waals surface area (Å²) in [6.07, 6.45) is -1.20. The summed E-state index contributed by atoms with van der Waals surface area (Å²) in [6.45, 7) is -2.81. The van der Waals surface area contributed by atoms with Crippen molar-refractivity contribution < 1.29 is 28.9 Å². The van der Waals surface area contributed by atoms with Crippen LogP contribution in [-0.2, 0) is 16.1 Å². The predicted molar refractivity (Wildman–Crippen MR) is 87.2 cm³/mol. The molecule has 0 aromatic heterocycles. The SMILES string of the molecule is [2H]C([2H])([2H])C([2H])(NCC(O)COc1ccc(COCCOCC)cc1)C([2H])([2H])[2H]. The quantitative estimate of drug-likeness (QED) is 0.577. The highest BCUT2D eigenvalue weighted by molar-refractivity contribution is 5.26. The molecule has 0 spiro atoms. The number of aliphatic hydroxyl groups is 1. The lowest BCUT2D eigenvalue weighted by Gasteiger charge is -2.15. The van der Waals surface area contributed by atoms with E-state index < -0.39 is 32.4 Å². The maximum Gasteiger partial charge on any atom is 0.119 e.